The predicted octanol–water partition coefficient (Wildman–Crippen LogP) is 3.70. The molecule has 1 saturated heterocycles. The van der Waals surface area contributed by atoms with Crippen molar-refractivity contribution in [3.05, 3.63) is 93.7 Å². The normalized spacial score (nSPS) is 27.0. The Labute approximate surface area is 391 Å². The number of aliphatic hydroxyl groups excluding tert-OH is 4. The molecule has 2 bridgehead atoms. The lowest BCUT2D eigenvalue weighted by atomic mass is 9.53. The summed E-state index contributed by atoms with van der Waals surface area (Å²) in [5.74, 6) is 0.907. The van der Waals surface area contributed by atoms with E-state index in [1.54, 1.807) is 13.0 Å². The van der Waals surface area contributed by atoms with Crippen molar-refractivity contribution in [3.8, 4) is 22.9 Å². The summed E-state index contributed by atoms with van der Waals surface area (Å²) in [6.45, 7) is 2.64. The number of nitrogens with zero attached hydrogens (tertiary/aromatic N) is 1. The minimum atomic E-state index is -2.42. The van der Waals surface area contributed by atoms with Gasteiger partial charge in [-0.3, -0.25) is 9.59 Å². The Kier molecular flexibility index (Phi) is 12.1. The van der Waals surface area contributed by atoms with Gasteiger partial charge in [-0.25, -0.2) is 9.78 Å². The molecule has 17 nitrogen and oxygen atoms in total. The van der Waals surface area contributed by atoms with Crippen molar-refractivity contribution >= 4 is 38.6 Å². The lowest BCUT2D eigenvalue weighted by Crippen LogP contribution is -2.67. The Morgan fingerprint density at radius 1 is 1.00 bits per heavy atom. The van der Waals surface area contributed by atoms with Gasteiger partial charge in [0.05, 0.1) is 17.5 Å². The topological polar surface area (TPSA) is 261 Å². The van der Waals surface area contributed by atoms with Crippen LogP contribution in [0.3, 0.4) is 0 Å². The van der Waals surface area contributed by atoms with E-state index < -0.39 is 55.3 Å². The Morgan fingerprint density at radius 2 is 1.82 bits per heavy atom. The quantitative estimate of drug-likeness (QED) is 0.0552. The standard InChI is InChI=1S/C51H60N4O13/c1-4-39-32-11-12-53-38(32)22-55(39)45-47-28(14-34-41(59)13-25(2)66-48(34)45)16-43(51(67-47)20-35(29-17-44(61)54-21-29)26-5-9-37(52-3)36(51)15-26)68-65-24-50(64,49(63)46(62)42(60)23-56)19-27-6-10-40(58)31-8-7-30(57)18-33(27)31/h6-8,10-14,18,22,26,29,35-37,42-43,46,49,52-53,56-58,60,62-64H,4-5,9,15-17,19-21,23-24H2,1-3H3,(H,54,61). The van der Waals surface area contributed by atoms with Crippen molar-refractivity contribution in [2.45, 2.75) is 107 Å². The molecule has 6 aromatic rings. The smallest absolute Gasteiger partial charge is 0.220 e. The molecule has 10 rings (SSSR count). The Bertz CT molecular complexity index is 2950. The molecule has 3 fully saturated rings. The first kappa shape index (κ1) is 46.2. The van der Waals surface area contributed by atoms with Crippen molar-refractivity contribution in [2.24, 2.45) is 23.7 Å². The SMILES string of the molecule is CCc1c2cc[nH]c2cn1-c1c2c(cc3c(=O)cc(C)oc13)CC(OOCC(O)(Cc1ccc(O)c3ccc(O)cc13)C(O)C(O)C(O)CO)C1(CC(C3CNC(=O)C3)C3CCC(NC)C1C3)O2. The summed E-state index contributed by atoms with van der Waals surface area (Å²) < 4.78 is 16.3. The highest BCUT2D eigenvalue weighted by Gasteiger charge is 2.62. The highest BCUT2D eigenvalue weighted by atomic mass is 17.2. The highest BCUT2D eigenvalue weighted by molar-refractivity contribution is 5.93. The van der Waals surface area contributed by atoms with E-state index >= 15 is 0 Å². The number of aromatic hydroxyl groups is 2. The summed E-state index contributed by atoms with van der Waals surface area (Å²) >= 11 is 0. The molecule has 68 heavy (non-hydrogen) atoms. The van der Waals surface area contributed by atoms with E-state index in [0.29, 0.717) is 75.9 Å². The molecule has 5 heterocycles. The van der Waals surface area contributed by atoms with Crippen LogP contribution in [-0.2, 0) is 33.8 Å². The number of hydrogen-bond acceptors (Lipinski definition) is 14. The molecule has 11 unspecified atom stereocenters. The number of ether oxygens (including phenoxy) is 1. The van der Waals surface area contributed by atoms with Gasteiger partial charge in [0.2, 0.25) is 5.91 Å². The molecule has 2 saturated carbocycles. The zero-order valence-electron chi connectivity index (χ0n) is 38.3. The number of carbonyl (C=O) groups excluding carboxylic acids is 1. The second-order valence-corrected chi connectivity index (χ2v) is 19.7. The van der Waals surface area contributed by atoms with Gasteiger partial charge < -0.3 is 65.1 Å². The molecule has 1 amide bonds. The molecule has 2 aliphatic heterocycles. The summed E-state index contributed by atoms with van der Waals surface area (Å²) in [5, 5.41) is 85.4. The van der Waals surface area contributed by atoms with E-state index in [1.807, 2.05) is 25.5 Å². The maximum Gasteiger partial charge on any atom is 0.220 e. The van der Waals surface area contributed by atoms with Crippen LogP contribution in [0.25, 0.3) is 38.3 Å². The molecule has 4 aliphatic rings. The fourth-order valence-electron chi connectivity index (χ4n) is 12.4. The van der Waals surface area contributed by atoms with E-state index in [2.05, 4.69) is 27.1 Å². The van der Waals surface area contributed by atoms with Gasteiger partial charge in [-0.05, 0) is 111 Å². The number of hydrogen-bond donors (Lipinski definition) is 10. The molecule has 362 valence electrons. The Morgan fingerprint density at radius 3 is 2.57 bits per heavy atom. The van der Waals surface area contributed by atoms with Crippen molar-refractivity contribution in [1.29, 1.82) is 0 Å². The number of amides is 1. The van der Waals surface area contributed by atoms with Crippen molar-refractivity contribution < 1.29 is 59.5 Å². The van der Waals surface area contributed by atoms with Crippen LogP contribution >= 0.6 is 0 Å². The number of aryl methyl sites for hydroxylation is 2. The van der Waals surface area contributed by atoms with Crippen LogP contribution in [0.5, 0.6) is 17.2 Å². The molecular weight excluding hydrogens is 877 g/mol. The molecule has 10 N–H and O–H groups in total. The van der Waals surface area contributed by atoms with Gasteiger partial charge in [0, 0.05) is 78.3 Å². The average Bonchev–Trinajstić information content (AvgIpc) is 4.06. The van der Waals surface area contributed by atoms with Crippen molar-refractivity contribution in [1.82, 2.24) is 20.2 Å². The number of phenols is 2. The predicted molar refractivity (Wildman–Crippen MR) is 250 cm³/mol. The summed E-state index contributed by atoms with van der Waals surface area (Å²) in [5.41, 5.74) is -0.0139. The molecule has 1 spiro atoms. The molecule has 0 radical (unpaired) electrons. The van der Waals surface area contributed by atoms with Gasteiger partial charge >= 0.3 is 0 Å². The molecular formula is C51H60N4O13. The largest absolute Gasteiger partial charge is 0.508 e. The van der Waals surface area contributed by atoms with Gasteiger partial charge in [0.15, 0.2) is 16.8 Å². The molecule has 2 aliphatic carbocycles. The third-order valence-electron chi connectivity index (χ3n) is 15.8. The van der Waals surface area contributed by atoms with Crippen LogP contribution in [-0.4, -0.2) is 120 Å². The zero-order chi connectivity index (χ0) is 47.8. The van der Waals surface area contributed by atoms with E-state index in [0.717, 1.165) is 35.9 Å². The van der Waals surface area contributed by atoms with E-state index in [4.69, 9.17) is 18.9 Å². The lowest BCUT2D eigenvalue weighted by Gasteiger charge is -2.59. The minimum absolute atomic E-state index is 0.00124. The minimum Gasteiger partial charge on any atom is -0.508 e. The number of aromatic amines is 1. The Balaban J connectivity index is 1.11. The maximum atomic E-state index is 14.0. The average molecular weight is 937 g/mol. The second-order valence-electron chi connectivity index (χ2n) is 19.7. The van der Waals surface area contributed by atoms with Gasteiger partial charge in [-0.2, -0.15) is 0 Å². The number of fused-ring (bicyclic) bond motifs is 7. The highest BCUT2D eigenvalue weighted by Crippen LogP contribution is 2.58. The van der Waals surface area contributed by atoms with Crippen molar-refractivity contribution in [2.75, 3.05) is 26.8 Å². The molecule has 3 aromatic heterocycles. The van der Waals surface area contributed by atoms with Gasteiger partial charge in [0.1, 0.15) is 65.2 Å². The first-order valence-corrected chi connectivity index (χ1v) is 23.7. The summed E-state index contributed by atoms with van der Waals surface area (Å²) in [4.78, 5) is 42.9. The van der Waals surface area contributed by atoms with Crippen LogP contribution in [0, 0.1) is 30.6 Å². The van der Waals surface area contributed by atoms with E-state index in [-0.39, 0.29) is 59.0 Å². The second kappa shape index (κ2) is 17.8. The van der Waals surface area contributed by atoms with Gasteiger partial charge in [-0.1, -0.05) is 13.0 Å². The molecule has 3 aromatic carbocycles. The fourth-order valence-corrected chi connectivity index (χ4v) is 12.4. The number of H-pyrrole nitrogens is 1. The van der Waals surface area contributed by atoms with Gasteiger partial charge in [0.25, 0.3) is 0 Å². The molecule has 17 heteroatoms. The lowest BCUT2D eigenvalue weighted by molar-refractivity contribution is -0.381. The van der Waals surface area contributed by atoms with Crippen molar-refractivity contribution in [3.63, 3.8) is 0 Å². The number of benzene rings is 3. The number of aliphatic hydroxyl groups is 5. The summed E-state index contributed by atoms with van der Waals surface area (Å²) in [7, 11) is 1.93. The third kappa shape index (κ3) is 7.73. The van der Waals surface area contributed by atoms with E-state index in [9.17, 15) is 45.3 Å². The Hall–Kier alpha value is -5.50. The third-order valence-corrected chi connectivity index (χ3v) is 15.8. The van der Waals surface area contributed by atoms with Gasteiger partial charge in [-0.15, -0.1) is 0 Å². The van der Waals surface area contributed by atoms with Crippen LogP contribution in [0.15, 0.2) is 70.1 Å². The number of phenolic OH excluding ortho intramolecular Hbond substituents is 2. The number of rotatable bonds is 14. The van der Waals surface area contributed by atoms with Crippen LogP contribution in [0.1, 0.15) is 61.6 Å². The summed E-state index contributed by atoms with van der Waals surface area (Å²) in [6, 6.07) is 12.4. The van der Waals surface area contributed by atoms with Crippen LogP contribution < -0.4 is 20.8 Å². The number of nitrogens with one attached hydrogen (secondary N) is 3. The van der Waals surface area contributed by atoms with Crippen LogP contribution in [0.2, 0.25) is 0 Å². The molecule has 11 atom stereocenters. The van der Waals surface area contributed by atoms with Crippen LogP contribution in [0.4, 0.5) is 0 Å². The first-order valence-electron chi connectivity index (χ1n) is 23.7. The fraction of sp³-hybridized carbons (Fsp3) is 0.490. The monoisotopic (exact) mass is 936 g/mol. The maximum absolute atomic E-state index is 14.0. The van der Waals surface area contributed by atoms with E-state index in [1.165, 1.54) is 36.4 Å². The number of aromatic nitrogens is 2. The number of carbonyl (C=O) groups is 1. The summed E-state index contributed by atoms with van der Waals surface area (Å²) in [6.07, 6.45) is 0.690. The zero-order valence-corrected chi connectivity index (χ0v) is 38.3. The first-order chi connectivity index (χ1) is 32.7.